The predicted molar refractivity (Wildman–Crippen MR) is 136 cm³/mol. The van der Waals surface area contributed by atoms with E-state index in [4.69, 9.17) is 4.74 Å². The van der Waals surface area contributed by atoms with Crippen molar-refractivity contribution in [3.63, 3.8) is 0 Å². The number of benzene rings is 3. The van der Waals surface area contributed by atoms with Gasteiger partial charge in [-0.3, -0.25) is 4.79 Å². The van der Waals surface area contributed by atoms with Gasteiger partial charge in [-0.2, -0.15) is 9.67 Å². The molecule has 9 heteroatoms. The Labute approximate surface area is 208 Å². The molecule has 33 heavy (non-hydrogen) atoms. The third-order valence-corrected chi connectivity index (χ3v) is 5.61. The van der Waals surface area contributed by atoms with Gasteiger partial charge in [0, 0.05) is 22.0 Å². The fraction of sp³-hybridized carbons (Fsp3) is 0.125. The summed E-state index contributed by atoms with van der Waals surface area (Å²) in [5.41, 5.74) is 2.10. The first-order valence-corrected chi connectivity index (χ1v) is 11.8. The lowest BCUT2D eigenvalue weighted by Gasteiger charge is -2.08. The van der Waals surface area contributed by atoms with Crippen LogP contribution in [0.2, 0.25) is 0 Å². The van der Waals surface area contributed by atoms with Crippen LogP contribution in [0.3, 0.4) is 0 Å². The second-order valence-electron chi connectivity index (χ2n) is 7.13. The van der Waals surface area contributed by atoms with E-state index in [-0.39, 0.29) is 12.5 Å². The van der Waals surface area contributed by atoms with E-state index in [1.165, 1.54) is 4.68 Å². The second kappa shape index (κ2) is 11.1. The first kappa shape index (κ1) is 23.0. The number of nitrogens with zero attached hydrogens (tertiary/aromatic N) is 3. The number of anilines is 2. The highest BCUT2D eigenvalue weighted by Crippen LogP contribution is 2.17. The molecule has 0 radical (unpaired) electrons. The van der Waals surface area contributed by atoms with E-state index in [1.807, 2.05) is 66.7 Å². The molecule has 7 nitrogen and oxygen atoms in total. The van der Waals surface area contributed by atoms with Crippen LogP contribution in [-0.2, 0) is 13.1 Å². The van der Waals surface area contributed by atoms with Crippen molar-refractivity contribution < 1.29 is 9.53 Å². The summed E-state index contributed by atoms with van der Waals surface area (Å²) in [6, 6.07) is 25.0. The van der Waals surface area contributed by atoms with Crippen LogP contribution in [0.1, 0.15) is 15.9 Å². The van der Waals surface area contributed by atoms with Crippen LogP contribution < -0.4 is 15.4 Å². The molecule has 0 aliphatic carbocycles. The summed E-state index contributed by atoms with van der Waals surface area (Å²) in [5, 5.41) is 10.8. The Kier molecular flexibility index (Phi) is 7.74. The molecule has 4 aromatic rings. The fourth-order valence-electron chi connectivity index (χ4n) is 3.05. The van der Waals surface area contributed by atoms with Gasteiger partial charge >= 0.3 is 0 Å². The lowest BCUT2D eigenvalue weighted by molar-refractivity contribution is 0.0824. The van der Waals surface area contributed by atoms with Gasteiger partial charge in [0.05, 0.1) is 0 Å². The number of para-hydroxylation sites is 1. The summed E-state index contributed by atoms with van der Waals surface area (Å²) in [4.78, 5) is 17.4. The van der Waals surface area contributed by atoms with Crippen molar-refractivity contribution in [1.29, 1.82) is 0 Å². The number of ether oxygens (including phenoxy) is 1. The number of hydrogen-bond acceptors (Lipinski definition) is 6. The summed E-state index contributed by atoms with van der Waals surface area (Å²) in [5.74, 6) is 0.967. The Morgan fingerprint density at radius 2 is 1.48 bits per heavy atom. The number of rotatable bonds is 9. The Morgan fingerprint density at radius 3 is 2.12 bits per heavy atom. The van der Waals surface area contributed by atoms with Gasteiger partial charge in [0.15, 0.2) is 6.61 Å². The lowest BCUT2D eigenvalue weighted by atomic mass is 10.2. The molecule has 3 aromatic carbocycles. The standard InChI is InChI=1S/C24H21Br2N5O2/c25-19-8-4-6-17(12-19)14-27-23-29-24(28-15-18-7-5-9-20(26)13-18)31(30-23)22(32)16-33-21-10-2-1-3-11-21/h1-13H,14-16H2,(H2,27,28,29,30). The maximum atomic E-state index is 12.9. The minimum absolute atomic E-state index is 0.163. The molecule has 0 atom stereocenters. The van der Waals surface area contributed by atoms with Gasteiger partial charge in [-0.25, -0.2) is 0 Å². The van der Waals surface area contributed by atoms with Gasteiger partial charge in [0.2, 0.25) is 11.9 Å². The molecule has 0 spiro atoms. The number of carbonyl (C=O) groups is 1. The van der Waals surface area contributed by atoms with Crippen molar-refractivity contribution in [1.82, 2.24) is 14.8 Å². The van der Waals surface area contributed by atoms with Crippen LogP contribution in [0.4, 0.5) is 11.9 Å². The lowest BCUT2D eigenvalue weighted by Crippen LogP contribution is -2.22. The van der Waals surface area contributed by atoms with Gasteiger partial charge < -0.3 is 15.4 Å². The third-order valence-electron chi connectivity index (χ3n) is 4.63. The Bertz CT molecular complexity index is 1230. The topological polar surface area (TPSA) is 81.1 Å². The van der Waals surface area contributed by atoms with Crippen molar-refractivity contribution in [3.8, 4) is 5.75 Å². The Hall–Kier alpha value is -3.17. The Morgan fingerprint density at radius 1 is 0.848 bits per heavy atom. The van der Waals surface area contributed by atoms with Crippen LogP contribution in [0.25, 0.3) is 0 Å². The SMILES string of the molecule is O=C(COc1ccccc1)n1nc(NCc2cccc(Br)c2)nc1NCc1cccc(Br)c1. The van der Waals surface area contributed by atoms with Crippen molar-refractivity contribution in [3.05, 3.63) is 98.9 Å². The van der Waals surface area contributed by atoms with E-state index in [1.54, 1.807) is 12.1 Å². The van der Waals surface area contributed by atoms with Crippen LogP contribution in [0, 0.1) is 0 Å². The highest BCUT2D eigenvalue weighted by molar-refractivity contribution is 9.10. The highest BCUT2D eigenvalue weighted by atomic mass is 79.9. The number of nitrogens with one attached hydrogen (secondary N) is 2. The third kappa shape index (κ3) is 6.66. The second-order valence-corrected chi connectivity index (χ2v) is 8.96. The monoisotopic (exact) mass is 569 g/mol. The maximum Gasteiger partial charge on any atom is 0.288 e. The van der Waals surface area contributed by atoms with Crippen LogP contribution in [-0.4, -0.2) is 27.3 Å². The molecular weight excluding hydrogens is 550 g/mol. The van der Waals surface area contributed by atoms with Crippen LogP contribution >= 0.6 is 31.9 Å². The summed E-state index contributed by atoms with van der Waals surface area (Å²) in [7, 11) is 0. The van der Waals surface area contributed by atoms with Crippen LogP contribution in [0.15, 0.2) is 87.8 Å². The van der Waals surface area contributed by atoms with Crippen molar-refractivity contribution in [2.24, 2.45) is 0 Å². The first-order chi connectivity index (χ1) is 16.1. The minimum atomic E-state index is -0.335. The average Bonchev–Trinajstić information content (AvgIpc) is 3.24. The maximum absolute atomic E-state index is 12.9. The Balaban J connectivity index is 1.49. The van der Waals surface area contributed by atoms with Crippen molar-refractivity contribution >= 4 is 49.7 Å². The smallest absolute Gasteiger partial charge is 0.288 e. The van der Waals surface area contributed by atoms with E-state index in [2.05, 4.69) is 52.6 Å². The average molecular weight is 571 g/mol. The molecule has 0 amide bonds. The molecule has 0 unspecified atom stereocenters. The molecule has 0 saturated carbocycles. The van der Waals surface area contributed by atoms with Gasteiger partial charge in [0.25, 0.3) is 5.91 Å². The minimum Gasteiger partial charge on any atom is -0.484 e. The fourth-order valence-corrected chi connectivity index (χ4v) is 3.95. The molecule has 2 N–H and O–H groups in total. The molecule has 4 rings (SSSR count). The summed E-state index contributed by atoms with van der Waals surface area (Å²) >= 11 is 6.95. The van der Waals surface area contributed by atoms with E-state index in [9.17, 15) is 4.79 Å². The van der Waals surface area contributed by atoms with E-state index in [0.29, 0.717) is 30.7 Å². The normalized spacial score (nSPS) is 10.6. The zero-order valence-corrected chi connectivity index (χ0v) is 20.7. The van der Waals surface area contributed by atoms with Crippen LogP contribution in [0.5, 0.6) is 5.75 Å². The number of halogens is 2. The summed E-state index contributed by atoms with van der Waals surface area (Å²) in [6.07, 6.45) is 0. The molecule has 168 valence electrons. The van der Waals surface area contributed by atoms with E-state index < -0.39 is 0 Å². The molecule has 0 aliphatic heterocycles. The zero-order valence-electron chi connectivity index (χ0n) is 17.5. The summed E-state index contributed by atoms with van der Waals surface area (Å²) < 4.78 is 8.82. The zero-order chi connectivity index (χ0) is 23.0. The summed E-state index contributed by atoms with van der Waals surface area (Å²) in [6.45, 7) is 0.837. The molecule has 0 aliphatic rings. The molecule has 0 bridgehead atoms. The number of aromatic nitrogens is 3. The molecule has 1 heterocycles. The van der Waals surface area contributed by atoms with Gasteiger partial charge in [-0.1, -0.05) is 74.3 Å². The largest absolute Gasteiger partial charge is 0.484 e. The van der Waals surface area contributed by atoms with E-state index >= 15 is 0 Å². The first-order valence-electron chi connectivity index (χ1n) is 10.2. The highest BCUT2D eigenvalue weighted by Gasteiger charge is 2.17. The molecule has 0 saturated heterocycles. The predicted octanol–water partition coefficient (Wildman–Crippen LogP) is 5.75. The van der Waals surface area contributed by atoms with Gasteiger partial charge in [0.1, 0.15) is 5.75 Å². The number of carbonyl (C=O) groups excluding carboxylic acids is 1. The van der Waals surface area contributed by atoms with Crippen molar-refractivity contribution in [2.45, 2.75) is 13.1 Å². The van der Waals surface area contributed by atoms with Crippen molar-refractivity contribution in [2.75, 3.05) is 17.2 Å². The van der Waals surface area contributed by atoms with Gasteiger partial charge in [-0.05, 0) is 47.5 Å². The molecule has 0 fully saturated rings. The van der Waals surface area contributed by atoms with E-state index in [0.717, 1.165) is 20.1 Å². The quantitative estimate of drug-likeness (QED) is 0.267. The number of hydrogen-bond donors (Lipinski definition) is 2. The van der Waals surface area contributed by atoms with Gasteiger partial charge in [-0.15, -0.1) is 5.10 Å². The molecule has 1 aromatic heterocycles. The molecular formula is C24H21Br2N5O2.